The lowest BCUT2D eigenvalue weighted by molar-refractivity contribution is -0.272. The Morgan fingerprint density at radius 2 is 0.547 bits per heavy atom. The molecule has 3 rings (SSSR count). The number of hydrogen-bond donors (Lipinski definition) is 15. The highest BCUT2D eigenvalue weighted by Gasteiger charge is 2.48. The van der Waals surface area contributed by atoms with Crippen molar-refractivity contribution in [1.82, 2.24) is 31.9 Å². The third-order valence-electron chi connectivity index (χ3n) is 15.1. The minimum Gasteiger partial charge on any atom is -0.394 e. The standard InChI is InChI=1S/C59H108N6O30/c1-38(69)63-47-53(78)50(75)41(35-66)93-56(47)90-32-29-87-26-23-84-20-17-81-14-11-60-44(72)5-8-59(4,9-6-45(73)61-12-15-82-18-21-85-24-27-88-30-33-91-57-48(64-39(2)70)54(79)51(76)42(36-67)94-57)10-7-46(74)62-13-16-83-19-22-86-25-28-89-31-34-92-58-49(65-40(3)71)55(80)52(77)43(37-68)95-58/h41-43,47-58,66-68,75-80H,5-37H2,1-4H3,(H,60,72)(H,61,73)(H,62,74)(H,63,69)(H,64,70)(H,65,71). The molecule has 3 aliphatic heterocycles. The Bertz CT molecular complexity index is 1880. The molecule has 3 aliphatic rings. The molecule has 0 aromatic heterocycles. The number of hydrogen-bond acceptors (Lipinski definition) is 30. The summed E-state index contributed by atoms with van der Waals surface area (Å²) in [7, 11) is 0. The van der Waals surface area contributed by atoms with Crippen molar-refractivity contribution in [2.45, 2.75) is 158 Å². The third kappa shape index (κ3) is 35.5. The minimum atomic E-state index is -1.43. The van der Waals surface area contributed by atoms with Gasteiger partial charge in [0.25, 0.3) is 0 Å². The Kier molecular flexibility index (Phi) is 45.0. The van der Waals surface area contributed by atoms with Gasteiger partial charge in [0.15, 0.2) is 18.9 Å². The number of rotatable bonds is 54. The molecule has 15 N–H and O–H groups in total. The molecule has 15 unspecified atom stereocenters. The van der Waals surface area contributed by atoms with Crippen LogP contribution in [-0.2, 0) is 99.8 Å². The molecule has 0 spiro atoms. The van der Waals surface area contributed by atoms with Gasteiger partial charge in [-0.2, -0.15) is 0 Å². The zero-order valence-electron chi connectivity index (χ0n) is 55.1. The van der Waals surface area contributed by atoms with Gasteiger partial charge >= 0.3 is 0 Å². The van der Waals surface area contributed by atoms with Crippen LogP contribution in [0.15, 0.2) is 0 Å². The van der Waals surface area contributed by atoms with Crippen LogP contribution in [0.3, 0.4) is 0 Å². The fourth-order valence-corrected chi connectivity index (χ4v) is 9.81. The van der Waals surface area contributed by atoms with Crippen LogP contribution >= 0.6 is 0 Å². The maximum atomic E-state index is 13.0. The average molecular weight is 1380 g/mol. The second-order valence-corrected chi connectivity index (χ2v) is 22.8. The fraction of sp³-hybridized carbons (Fsp3) is 0.898. The number of amides is 6. The molecule has 3 heterocycles. The van der Waals surface area contributed by atoms with Crippen molar-refractivity contribution in [2.24, 2.45) is 5.41 Å². The summed E-state index contributed by atoms with van der Waals surface area (Å²) < 4.78 is 83.3. The monoisotopic (exact) mass is 1380 g/mol. The normalized spacial score (nSPS) is 26.7. The first-order valence-corrected chi connectivity index (χ1v) is 32.2. The molecule has 36 heteroatoms. The molecule has 0 radical (unpaired) electrons. The highest BCUT2D eigenvalue weighted by atomic mass is 16.7. The van der Waals surface area contributed by atoms with Gasteiger partial charge in [0.2, 0.25) is 35.4 Å². The maximum absolute atomic E-state index is 13.0. The van der Waals surface area contributed by atoms with Crippen molar-refractivity contribution in [3.05, 3.63) is 0 Å². The summed E-state index contributed by atoms with van der Waals surface area (Å²) in [5.41, 5.74) is -0.582. The van der Waals surface area contributed by atoms with Crippen LogP contribution in [0.5, 0.6) is 0 Å². The lowest BCUT2D eigenvalue weighted by atomic mass is 9.77. The van der Waals surface area contributed by atoms with E-state index in [9.17, 15) is 74.7 Å². The molecule has 3 saturated heterocycles. The second kappa shape index (κ2) is 50.2. The van der Waals surface area contributed by atoms with Gasteiger partial charge in [-0.15, -0.1) is 0 Å². The number of aliphatic hydroxyl groups excluding tert-OH is 9. The molecule has 0 bridgehead atoms. The van der Waals surface area contributed by atoms with Gasteiger partial charge in [0, 0.05) is 59.7 Å². The van der Waals surface area contributed by atoms with E-state index in [1.807, 2.05) is 6.92 Å². The van der Waals surface area contributed by atoms with Crippen molar-refractivity contribution >= 4 is 35.4 Å². The highest BCUT2D eigenvalue weighted by Crippen LogP contribution is 2.35. The molecule has 0 aromatic rings. The van der Waals surface area contributed by atoms with Crippen molar-refractivity contribution in [2.75, 3.05) is 178 Å². The van der Waals surface area contributed by atoms with E-state index >= 15 is 0 Å². The lowest BCUT2D eigenvalue weighted by Gasteiger charge is -2.42. The predicted octanol–water partition coefficient (Wildman–Crippen LogP) is -7.29. The quantitative estimate of drug-likeness (QED) is 0.0252. The Balaban J connectivity index is 1.30. The van der Waals surface area contributed by atoms with E-state index in [0.717, 1.165) is 0 Å². The van der Waals surface area contributed by atoms with Gasteiger partial charge < -0.3 is 149 Å². The Morgan fingerprint density at radius 3 is 0.758 bits per heavy atom. The second-order valence-electron chi connectivity index (χ2n) is 22.8. The van der Waals surface area contributed by atoms with E-state index in [1.54, 1.807) is 0 Å². The molecular formula is C59H108N6O30. The van der Waals surface area contributed by atoms with Gasteiger partial charge in [0.05, 0.1) is 159 Å². The van der Waals surface area contributed by atoms with Gasteiger partial charge in [-0.25, -0.2) is 0 Å². The van der Waals surface area contributed by atoms with Gasteiger partial charge in [-0.05, 0) is 24.7 Å². The van der Waals surface area contributed by atoms with E-state index in [-0.39, 0.29) is 195 Å². The first-order chi connectivity index (χ1) is 45.6. The molecule has 554 valence electrons. The summed E-state index contributed by atoms with van der Waals surface area (Å²) in [5.74, 6) is -2.10. The number of aliphatic hydroxyl groups is 9. The topological polar surface area (TPSA) is 495 Å². The molecule has 6 amide bonds. The summed E-state index contributed by atoms with van der Waals surface area (Å²) in [6.07, 6.45) is -13.7. The van der Waals surface area contributed by atoms with Crippen LogP contribution in [0.2, 0.25) is 0 Å². The van der Waals surface area contributed by atoms with Crippen molar-refractivity contribution < 1.29 is 146 Å². The molecule has 3 fully saturated rings. The maximum Gasteiger partial charge on any atom is 0.220 e. The summed E-state index contributed by atoms with van der Waals surface area (Å²) in [6, 6.07) is -3.18. The molecule has 0 aliphatic carbocycles. The highest BCUT2D eigenvalue weighted by molar-refractivity contribution is 5.77. The van der Waals surface area contributed by atoms with E-state index in [2.05, 4.69) is 31.9 Å². The lowest BCUT2D eigenvalue weighted by Crippen LogP contribution is -2.64. The summed E-state index contributed by atoms with van der Waals surface area (Å²) >= 11 is 0. The number of ether oxygens (including phenoxy) is 15. The van der Waals surface area contributed by atoms with Crippen LogP contribution < -0.4 is 31.9 Å². The molecule has 15 atom stereocenters. The average Bonchev–Trinajstić information content (AvgIpc) is 0.836. The first kappa shape index (κ1) is 85.1. The number of carbonyl (C=O) groups is 6. The van der Waals surface area contributed by atoms with Gasteiger partial charge in [-0.3, -0.25) is 28.8 Å². The van der Waals surface area contributed by atoms with E-state index < -0.39 is 135 Å². The predicted molar refractivity (Wildman–Crippen MR) is 326 cm³/mol. The summed E-state index contributed by atoms with van der Waals surface area (Å²) in [5, 5.41) is 106. The van der Waals surface area contributed by atoms with Crippen LogP contribution in [0.4, 0.5) is 0 Å². The Labute approximate surface area is 553 Å². The first-order valence-electron chi connectivity index (χ1n) is 32.2. The third-order valence-corrected chi connectivity index (χ3v) is 15.1. The minimum absolute atomic E-state index is 0.0186. The smallest absolute Gasteiger partial charge is 0.220 e. The molecule has 0 saturated carbocycles. The largest absolute Gasteiger partial charge is 0.394 e. The van der Waals surface area contributed by atoms with Gasteiger partial charge in [-0.1, -0.05) is 6.92 Å². The Hall–Kier alpha value is -4.14. The molecule has 36 nitrogen and oxygen atoms in total. The van der Waals surface area contributed by atoms with Crippen LogP contribution in [0.25, 0.3) is 0 Å². The van der Waals surface area contributed by atoms with Crippen LogP contribution in [0.1, 0.15) is 66.2 Å². The van der Waals surface area contributed by atoms with Crippen LogP contribution in [-0.4, -0.2) is 352 Å². The van der Waals surface area contributed by atoms with Gasteiger partial charge in [0.1, 0.15) is 73.1 Å². The van der Waals surface area contributed by atoms with E-state index in [1.165, 1.54) is 20.8 Å². The van der Waals surface area contributed by atoms with E-state index in [4.69, 9.17) is 71.1 Å². The Morgan fingerprint density at radius 1 is 0.337 bits per heavy atom. The molecule has 0 aromatic carbocycles. The fourth-order valence-electron chi connectivity index (χ4n) is 9.81. The summed E-state index contributed by atoms with van der Waals surface area (Å²) in [6.45, 7) is 8.61. The zero-order valence-corrected chi connectivity index (χ0v) is 55.1. The van der Waals surface area contributed by atoms with E-state index in [0.29, 0.717) is 19.3 Å². The molecular weight excluding hydrogens is 1270 g/mol. The summed E-state index contributed by atoms with van der Waals surface area (Å²) in [4.78, 5) is 73.9. The molecule has 95 heavy (non-hydrogen) atoms. The van der Waals surface area contributed by atoms with Crippen molar-refractivity contribution in [3.63, 3.8) is 0 Å². The van der Waals surface area contributed by atoms with Crippen LogP contribution in [0, 0.1) is 5.41 Å². The number of carbonyl (C=O) groups excluding carboxylic acids is 6. The zero-order chi connectivity index (χ0) is 69.8. The number of nitrogens with one attached hydrogen (secondary N) is 6. The van der Waals surface area contributed by atoms with Crippen molar-refractivity contribution in [3.8, 4) is 0 Å². The SMILES string of the molecule is CC(=O)NC1C(OCCOCCOCCOCCNC(=O)CCC(C)(CCC(=O)NCCOCCOCCOCCOC2OC(CO)C(O)C(O)C2NC(C)=O)CCC(=O)NCCOCCOCCOCCOC2OC(CO)C(O)C(O)C2NC(C)=O)OC(CO)C(O)C1O. The van der Waals surface area contributed by atoms with Crippen molar-refractivity contribution in [1.29, 1.82) is 0 Å².